The fourth-order valence-electron chi connectivity index (χ4n) is 2.61. The van der Waals surface area contributed by atoms with Gasteiger partial charge in [0.05, 0.1) is 6.04 Å². The van der Waals surface area contributed by atoms with Crippen molar-refractivity contribution >= 4 is 11.3 Å². The van der Waals surface area contributed by atoms with Gasteiger partial charge in [-0.3, -0.25) is 0 Å². The molecule has 1 atom stereocenters. The number of likely N-dealkylation sites (N-methyl/N-ethyl adjacent to an activating group) is 1. The van der Waals surface area contributed by atoms with Crippen LogP contribution in [-0.4, -0.2) is 6.54 Å². The van der Waals surface area contributed by atoms with Crippen molar-refractivity contribution in [2.24, 2.45) is 0 Å². The molecule has 0 bridgehead atoms. The molecule has 2 heteroatoms. The van der Waals surface area contributed by atoms with E-state index in [1.807, 2.05) is 11.3 Å². The summed E-state index contributed by atoms with van der Waals surface area (Å²) in [7, 11) is 0. The minimum atomic E-state index is 0.482. The molecule has 0 fully saturated rings. The molecule has 1 aliphatic rings. The number of rotatable bonds is 5. The van der Waals surface area contributed by atoms with Crippen molar-refractivity contribution in [1.82, 2.24) is 5.32 Å². The van der Waals surface area contributed by atoms with E-state index in [2.05, 4.69) is 36.7 Å². The molecule has 1 unspecified atom stereocenters. The minimum Gasteiger partial charge on any atom is -0.306 e. The van der Waals surface area contributed by atoms with E-state index in [0.717, 1.165) is 13.0 Å². The summed E-state index contributed by atoms with van der Waals surface area (Å²) in [6.45, 7) is 5.50. The Balaban J connectivity index is 2.24. The summed E-state index contributed by atoms with van der Waals surface area (Å²) in [5.41, 5.74) is 3.14. The number of hydrogen-bond acceptors (Lipinski definition) is 2. The zero-order valence-corrected chi connectivity index (χ0v) is 11.8. The van der Waals surface area contributed by atoms with Crippen molar-refractivity contribution in [1.29, 1.82) is 0 Å². The summed E-state index contributed by atoms with van der Waals surface area (Å²) in [5, 5.41) is 5.91. The SMILES string of the molecule is CCNC(C1=CCCCC1)c1sccc1CC. The zero-order valence-electron chi connectivity index (χ0n) is 11.0. The van der Waals surface area contributed by atoms with Gasteiger partial charge in [0.2, 0.25) is 0 Å². The lowest BCUT2D eigenvalue weighted by Gasteiger charge is -2.24. The molecular formula is C15H23NS. The fraction of sp³-hybridized carbons (Fsp3) is 0.600. The highest BCUT2D eigenvalue weighted by atomic mass is 32.1. The van der Waals surface area contributed by atoms with Crippen LogP contribution in [0.1, 0.15) is 56.0 Å². The van der Waals surface area contributed by atoms with Crippen LogP contribution in [-0.2, 0) is 6.42 Å². The normalized spacial score (nSPS) is 17.9. The number of nitrogens with one attached hydrogen (secondary N) is 1. The Kier molecular flexibility index (Phi) is 4.81. The van der Waals surface area contributed by atoms with Crippen molar-refractivity contribution in [3.05, 3.63) is 33.5 Å². The highest BCUT2D eigenvalue weighted by Gasteiger charge is 2.20. The second kappa shape index (κ2) is 6.36. The first-order valence-corrected chi connectivity index (χ1v) is 7.73. The molecule has 2 rings (SSSR count). The monoisotopic (exact) mass is 249 g/mol. The maximum atomic E-state index is 3.67. The molecule has 0 aromatic carbocycles. The van der Waals surface area contributed by atoms with Gasteiger partial charge in [-0.15, -0.1) is 11.3 Å². The third-order valence-corrected chi connectivity index (χ3v) is 4.55. The summed E-state index contributed by atoms with van der Waals surface area (Å²) in [6, 6.07) is 2.77. The molecule has 1 nitrogen and oxygen atoms in total. The predicted molar refractivity (Wildman–Crippen MR) is 76.7 cm³/mol. The van der Waals surface area contributed by atoms with Crippen LogP contribution in [0, 0.1) is 0 Å². The lowest BCUT2D eigenvalue weighted by molar-refractivity contribution is 0.567. The Morgan fingerprint density at radius 3 is 2.88 bits per heavy atom. The van der Waals surface area contributed by atoms with E-state index < -0.39 is 0 Å². The van der Waals surface area contributed by atoms with E-state index in [9.17, 15) is 0 Å². The van der Waals surface area contributed by atoms with Crippen molar-refractivity contribution in [2.45, 2.75) is 52.0 Å². The third kappa shape index (κ3) is 2.99. The minimum absolute atomic E-state index is 0.482. The Labute approximate surface area is 109 Å². The second-order valence-electron chi connectivity index (χ2n) is 4.68. The van der Waals surface area contributed by atoms with Gasteiger partial charge in [0.1, 0.15) is 0 Å². The van der Waals surface area contributed by atoms with Gasteiger partial charge in [-0.05, 0) is 55.7 Å². The molecule has 17 heavy (non-hydrogen) atoms. The zero-order chi connectivity index (χ0) is 12.1. The molecule has 1 heterocycles. The summed E-state index contributed by atoms with van der Waals surface area (Å²) >= 11 is 1.91. The lowest BCUT2D eigenvalue weighted by atomic mass is 9.91. The summed E-state index contributed by atoms with van der Waals surface area (Å²) < 4.78 is 0. The number of thiophene rings is 1. The molecule has 0 saturated carbocycles. The molecule has 0 radical (unpaired) electrons. The molecule has 94 valence electrons. The number of hydrogen-bond donors (Lipinski definition) is 1. The molecule has 1 N–H and O–H groups in total. The Bertz CT molecular complexity index is 378. The van der Waals surface area contributed by atoms with E-state index >= 15 is 0 Å². The lowest BCUT2D eigenvalue weighted by Crippen LogP contribution is -2.23. The smallest absolute Gasteiger partial charge is 0.0633 e. The molecular weight excluding hydrogens is 226 g/mol. The Hall–Kier alpha value is -0.600. The predicted octanol–water partition coefficient (Wildman–Crippen LogP) is 4.46. The Morgan fingerprint density at radius 2 is 2.24 bits per heavy atom. The molecule has 1 aromatic heterocycles. The first kappa shape index (κ1) is 12.8. The summed E-state index contributed by atoms with van der Waals surface area (Å²) in [6.07, 6.45) is 8.89. The van der Waals surface area contributed by atoms with Crippen LogP contribution in [0.4, 0.5) is 0 Å². The van der Waals surface area contributed by atoms with Crippen molar-refractivity contribution in [3.8, 4) is 0 Å². The van der Waals surface area contributed by atoms with Crippen LogP contribution >= 0.6 is 11.3 Å². The average molecular weight is 249 g/mol. The first-order valence-electron chi connectivity index (χ1n) is 6.85. The fourth-order valence-corrected chi connectivity index (χ4v) is 3.73. The van der Waals surface area contributed by atoms with Crippen LogP contribution in [0.15, 0.2) is 23.1 Å². The molecule has 1 aromatic rings. The highest BCUT2D eigenvalue weighted by Crippen LogP contribution is 2.34. The molecule has 0 saturated heterocycles. The summed E-state index contributed by atoms with van der Waals surface area (Å²) in [4.78, 5) is 1.54. The van der Waals surface area contributed by atoms with Crippen molar-refractivity contribution in [3.63, 3.8) is 0 Å². The van der Waals surface area contributed by atoms with Crippen LogP contribution in [0.3, 0.4) is 0 Å². The highest BCUT2D eigenvalue weighted by molar-refractivity contribution is 7.10. The molecule has 0 amide bonds. The van der Waals surface area contributed by atoms with Gasteiger partial charge in [0.15, 0.2) is 0 Å². The van der Waals surface area contributed by atoms with E-state index in [1.165, 1.54) is 31.2 Å². The molecule has 1 aliphatic carbocycles. The third-order valence-electron chi connectivity index (χ3n) is 3.53. The van der Waals surface area contributed by atoms with Crippen LogP contribution in [0.2, 0.25) is 0 Å². The standard InChI is InChI=1S/C15H23NS/c1-3-12-10-11-17-15(12)14(16-4-2)13-8-6-5-7-9-13/h8,10-11,14,16H,3-7,9H2,1-2H3. The van der Waals surface area contributed by atoms with Gasteiger partial charge >= 0.3 is 0 Å². The van der Waals surface area contributed by atoms with Gasteiger partial charge in [-0.1, -0.05) is 25.5 Å². The second-order valence-corrected chi connectivity index (χ2v) is 5.63. The average Bonchev–Trinajstić information content (AvgIpc) is 2.85. The van der Waals surface area contributed by atoms with Crippen LogP contribution < -0.4 is 5.32 Å². The maximum Gasteiger partial charge on any atom is 0.0633 e. The van der Waals surface area contributed by atoms with Gasteiger partial charge < -0.3 is 5.32 Å². The van der Waals surface area contributed by atoms with Gasteiger partial charge in [0.25, 0.3) is 0 Å². The molecule has 0 spiro atoms. The molecule has 0 aliphatic heterocycles. The quantitative estimate of drug-likeness (QED) is 0.760. The van der Waals surface area contributed by atoms with Gasteiger partial charge in [0, 0.05) is 4.88 Å². The first-order chi connectivity index (χ1) is 8.36. The van der Waals surface area contributed by atoms with E-state index in [-0.39, 0.29) is 0 Å². The maximum absolute atomic E-state index is 3.67. The van der Waals surface area contributed by atoms with E-state index in [0.29, 0.717) is 6.04 Å². The van der Waals surface area contributed by atoms with Crippen molar-refractivity contribution in [2.75, 3.05) is 6.54 Å². The van der Waals surface area contributed by atoms with E-state index in [4.69, 9.17) is 0 Å². The van der Waals surface area contributed by atoms with Crippen LogP contribution in [0.5, 0.6) is 0 Å². The number of aryl methyl sites for hydroxylation is 1. The van der Waals surface area contributed by atoms with Crippen molar-refractivity contribution < 1.29 is 0 Å². The van der Waals surface area contributed by atoms with E-state index in [1.54, 1.807) is 10.5 Å². The summed E-state index contributed by atoms with van der Waals surface area (Å²) in [5.74, 6) is 0. The topological polar surface area (TPSA) is 12.0 Å². The van der Waals surface area contributed by atoms with Gasteiger partial charge in [-0.25, -0.2) is 0 Å². The number of allylic oxidation sites excluding steroid dienone is 1. The van der Waals surface area contributed by atoms with Crippen LogP contribution in [0.25, 0.3) is 0 Å². The largest absolute Gasteiger partial charge is 0.306 e. The Morgan fingerprint density at radius 1 is 1.35 bits per heavy atom. The van der Waals surface area contributed by atoms with Gasteiger partial charge in [-0.2, -0.15) is 0 Å².